The molecular formula is C19H22N4O2. The van der Waals surface area contributed by atoms with E-state index in [9.17, 15) is 9.59 Å². The number of hydrogen-bond acceptors (Lipinski definition) is 4. The summed E-state index contributed by atoms with van der Waals surface area (Å²) in [5, 5.41) is 2.75. The van der Waals surface area contributed by atoms with Gasteiger partial charge in [-0.3, -0.25) is 14.6 Å². The highest BCUT2D eigenvalue weighted by molar-refractivity contribution is 5.97. The van der Waals surface area contributed by atoms with E-state index in [1.807, 2.05) is 23.1 Å². The zero-order chi connectivity index (χ0) is 17.6. The van der Waals surface area contributed by atoms with E-state index in [2.05, 4.69) is 27.3 Å². The molecule has 2 amide bonds. The van der Waals surface area contributed by atoms with Gasteiger partial charge in [-0.1, -0.05) is 18.2 Å². The second-order valence-electron chi connectivity index (χ2n) is 6.08. The largest absolute Gasteiger partial charge is 0.368 e. The Balaban J connectivity index is 1.53. The lowest BCUT2D eigenvalue weighted by Gasteiger charge is -2.37. The summed E-state index contributed by atoms with van der Waals surface area (Å²) in [5.41, 5.74) is 1.63. The number of pyridine rings is 1. The predicted molar refractivity (Wildman–Crippen MR) is 96.4 cm³/mol. The Morgan fingerprint density at radius 3 is 2.40 bits per heavy atom. The maximum atomic E-state index is 12.6. The highest BCUT2D eigenvalue weighted by Gasteiger charge is 2.26. The van der Waals surface area contributed by atoms with E-state index in [0.29, 0.717) is 18.7 Å². The third-order valence-electron chi connectivity index (χ3n) is 4.35. The molecule has 0 radical (unpaired) electrons. The Hall–Kier alpha value is -2.89. The average Bonchev–Trinajstić information content (AvgIpc) is 2.69. The smallest absolute Gasteiger partial charge is 0.253 e. The fraction of sp³-hybridized carbons (Fsp3) is 0.316. The number of rotatable bonds is 4. The maximum absolute atomic E-state index is 12.6. The Morgan fingerprint density at radius 1 is 1.04 bits per heavy atom. The highest BCUT2D eigenvalue weighted by Crippen LogP contribution is 2.15. The Kier molecular flexibility index (Phi) is 5.28. The van der Waals surface area contributed by atoms with Gasteiger partial charge in [0.05, 0.1) is 5.56 Å². The summed E-state index contributed by atoms with van der Waals surface area (Å²) in [4.78, 5) is 32.7. The molecule has 1 saturated heterocycles. The third kappa shape index (κ3) is 4.15. The van der Waals surface area contributed by atoms with Crippen LogP contribution in [-0.4, -0.2) is 53.9 Å². The number of para-hydroxylation sites is 1. The number of nitrogens with one attached hydrogen (secondary N) is 1. The zero-order valence-corrected chi connectivity index (χ0v) is 14.3. The van der Waals surface area contributed by atoms with Crippen molar-refractivity contribution in [3.8, 4) is 0 Å². The first-order valence-corrected chi connectivity index (χ1v) is 8.45. The van der Waals surface area contributed by atoms with E-state index in [4.69, 9.17) is 0 Å². The molecule has 0 bridgehead atoms. The topological polar surface area (TPSA) is 65.5 Å². The lowest BCUT2D eigenvalue weighted by Crippen LogP contribution is -2.54. The first kappa shape index (κ1) is 17.0. The van der Waals surface area contributed by atoms with Crippen LogP contribution in [0.3, 0.4) is 0 Å². The van der Waals surface area contributed by atoms with Crippen LogP contribution in [0.4, 0.5) is 5.69 Å². The van der Waals surface area contributed by atoms with Crippen molar-refractivity contribution in [2.75, 3.05) is 31.1 Å². The second-order valence-corrected chi connectivity index (χ2v) is 6.08. The molecule has 1 aliphatic heterocycles. The van der Waals surface area contributed by atoms with Crippen molar-refractivity contribution >= 4 is 17.5 Å². The van der Waals surface area contributed by atoms with Crippen LogP contribution < -0.4 is 10.2 Å². The Morgan fingerprint density at radius 2 is 1.76 bits per heavy atom. The van der Waals surface area contributed by atoms with E-state index < -0.39 is 6.04 Å². The molecule has 2 aromatic rings. The van der Waals surface area contributed by atoms with E-state index >= 15 is 0 Å². The molecule has 0 aliphatic carbocycles. The van der Waals surface area contributed by atoms with E-state index in [0.717, 1.165) is 13.1 Å². The van der Waals surface area contributed by atoms with Crippen molar-refractivity contribution in [3.63, 3.8) is 0 Å². The van der Waals surface area contributed by atoms with Gasteiger partial charge in [0.15, 0.2) is 0 Å². The van der Waals surface area contributed by atoms with Crippen LogP contribution in [0.5, 0.6) is 0 Å². The van der Waals surface area contributed by atoms with Crippen molar-refractivity contribution in [3.05, 3.63) is 60.4 Å². The van der Waals surface area contributed by atoms with Crippen molar-refractivity contribution < 1.29 is 9.59 Å². The number of hydrogen-bond donors (Lipinski definition) is 1. The summed E-state index contributed by atoms with van der Waals surface area (Å²) >= 11 is 0. The monoisotopic (exact) mass is 338 g/mol. The summed E-state index contributed by atoms with van der Waals surface area (Å²) < 4.78 is 0. The summed E-state index contributed by atoms with van der Waals surface area (Å²) in [6.07, 6.45) is 3.10. The average molecular weight is 338 g/mol. The molecule has 2 heterocycles. The van der Waals surface area contributed by atoms with Crippen LogP contribution >= 0.6 is 0 Å². The van der Waals surface area contributed by atoms with Gasteiger partial charge in [-0.05, 0) is 31.2 Å². The minimum atomic E-state index is -0.559. The van der Waals surface area contributed by atoms with Gasteiger partial charge in [0.2, 0.25) is 5.91 Å². The minimum Gasteiger partial charge on any atom is -0.368 e. The number of carbonyl (C=O) groups is 2. The molecule has 0 unspecified atom stereocenters. The number of piperazine rings is 1. The van der Waals surface area contributed by atoms with E-state index in [1.54, 1.807) is 25.3 Å². The number of anilines is 1. The van der Waals surface area contributed by atoms with Crippen LogP contribution in [0.15, 0.2) is 54.9 Å². The molecule has 1 atom stereocenters. The van der Waals surface area contributed by atoms with E-state index in [-0.39, 0.29) is 11.8 Å². The quantitative estimate of drug-likeness (QED) is 0.919. The molecule has 0 spiro atoms. The summed E-state index contributed by atoms with van der Waals surface area (Å²) in [7, 11) is 0. The molecule has 1 aromatic heterocycles. The number of nitrogens with zero attached hydrogens (tertiary/aromatic N) is 3. The van der Waals surface area contributed by atoms with Crippen molar-refractivity contribution in [1.82, 2.24) is 15.2 Å². The van der Waals surface area contributed by atoms with Crippen LogP contribution in [0.1, 0.15) is 17.3 Å². The fourth-order valence-electron chi connectivity index (χ4n) is 2.94. The van der Waals surface area contributed by atoms with Gasteiger partial charge < -0.3 is 15.1 Å². The predicted octanol–water partition coefficient (Wildman–Crippen LogP) is 1.55. The molecule has 1 N–H and O–H groups in total. The summed E-state index contributed by atoms with van der Waals surface area (Å²) in [6, 6.07) is 13.0. The molecular weight excluding hydrogens is 316 g/mol. The lowest BCUT2D eigenvalue weighted by atomic mass is 10.2. The molecule has 1 aromatic carbocycles. The Bertz CT molecular complexity index is 713. The van der Waals surface area contributed by atoms with Crippen molar-refractivity contribution in [2.45, 2.75) is 13.0 Å². The molecule has 25 heavy (non-hydrogen) atoms. The highest BCUT2D eigenvalue weighted by atomic mass is 16.2. The Labute approximate surface area is 147 Å². The lowest BCUT2D eigenvalue weighted by molar-refractivity contribution is -0.133. The van der Waals surface area contributed by atoms with Crippen molar-refractivity contribution in [1.29, 1.82) is 0 Å². The molecule has 130 valence electrons. The van der Waals surface area contributed by atoms with E-state index in [1.165, 1.54) is 11.9 Å². The maximum Gasteiger partial charge on any atom is 0.253 e. The SMILES string of the molecule is C[C@H](NC(=O)c1cccnc1)C(=O)N1CCN(c2ccccc2)CC1. The molecule has 6 nitrogen and oxygen atoms in total. The molecule has 0 saturated carbocycles. The van der Waals surface area contributed by atoms with Gasteiger partial charge in [0, 0.05) is 44.3 Å². The van der Waals surface area contributed by atoms with Crippen LogP contribution in [0.25, 0.3) is 0 Å². The second kappa shape index (κ2) is 7.79. The molecule has 1 fully saturated rings. The van der Waals surface area contributed by atoms with Crippen LogP contribution in [0.2, 0.25) is 0 Å². The number of amides is 2. The number of carbonyl (C=O) groups excluding carboxylic acids is 2. The standard InChI is InChI=1S/C19H22N4O2/c1-15(21-18(24)16-6-5-9-20-14-16)19(25)23-12-10-22(11-13-23)17-7-3-2-4-8-17/h2-9,14-15H,10-13H2,1H3,(H,21,24)/t15-/m0/s1. The first-order chi connectivity index (χ1) is 12.1. The minimum absolute atomic E-state index is 0.0510. The van der Waals surface area contributed by atoms with Crippen LogP contribution in [0, 0.1) is 0 Å². The van der Waals surface area contributed by atoms with Gasteiger partial charge in [-0.2, -0.15) is 0 Å². The van der Waals surface area contributed by atoms with Gasteiger partial charge in [0.1, 0.15) is 6.04 Å². The third-order valence-corrected chi connectivity index (χ3v) is 4.35. The van der Waals surface area contributed by atoms with Gasteiger partial charge in [-0.25, -0.2) is 0 Å². The number of benzene rings is 1. The van der Waals surface area contributed by atoms with Crippen LogP contribution in [-0.2, 0) is 4.79 Å². The molecule has 3 rings (SSSR count). The normalized spacial score (nSPS) is 15.6. The summed E-state index contributed by atoms with van der Waals surface area (Å²) in [5.74, 6) is -0.332. The zero-order valence-electron chi connectivity index (χ0n) is 14.3. The molecule has 1 aliphatic rings. The number of aromatic nitrogens is 1. The van der Waals surface area contributed by atoms with Gasteiger partial charge in [-0.15, -0.1) is 0 Å². The molecule has 6 heteroatoms. The van der Waals surface area contributed by atoms with Gasteiger partial charge in [0.25, 0.3) is 5.91 Å². The van der Waals surface area contributed by atoms with Gasteiger partial charge >= 0.3 is 0 Å². The fourth-order valence-corrected chi connectivity index (χ4v) is 2.94. The van der Waals surface area contributed by atoms with Crippen molar-refractivity contribution in [2.24, 2.45) is 0 Å². The summed E-state index contributed by atoms with van der Waals surface area (Å²) in [6.45, 7) is 4.61. The first-order valence-electron chi connectivity index (χ1n) is 8.45.